The van der Waals surface area contributed by atoms with Gasteiger partial charge in [-0.05, 0) is 18.1 Å². The molecular weight excluding hydrogens is 465 g/mol. The van der Waals surface area contributed by atoms with Crippen molar-refractivity contribution in [2.24, 2.45) is 0 Å². The van der Waals surface area contributed by atoms with E-state index in [1.54, 1.807) is 0 Å². The average Bonchev–Trinajstić information content (AvgIpc) is 2.86. The topological polar surface area (TPSA) is 90.8 Å². The van der Waals surface area contributed by atoms with E-state index in [-0.39, 0.29) is 6.61 Å². The zero-order valence-electron chi connectivity index (χ0n) is 22.0. The lowest BCUT2D eigenvalue weighted by molar-refractivity contribution is -0.627. The Morgan fingerprint density at radius 3 is 2.17 bits per heavy atom. The summed E-state index contributed by atoms with van der Waals surface area (Å²) in [6, 6.07) is 7.79. The van der Waals surface area contributed by atoms with Crippen molar-refractivity contribution in [3.63, 3.8) is 0 Å². The van der Waals surface area contributed by atoms with Gasteiger partial charge in [0.2, 0.25) is 0 Å². The smallest absolute Gasteiger partial charge is 0.330 e. The summed E-state index contributed by atoms with van der Waals surface area (Å²) >= 11 is 0. The monoisotopic (exact) mass is 514 g/mol. The second-order valence-electron chi connectivity index (χ2n) is 8.97. The predicted octanol–water partition coefficient (Wildman–Crippen LogP) is 5.30. The summed E-state index contributed by atoms with van der Waals surface area (Å²) in [5, 5.41) is 1.95. The molecule has 35 heavy (non-hydrogen) atoms. The van der Waals surface area contributed by atoms with Crippen LogP contribution in [0.2, 0.25) is 0 Å². The fourth-order valence-electron chi connectivity index (χ4n) is 3.84. The van der Waals surface area contributed by atoms with Crippen LogP contribution in [0, 0.1) is 0 Å². The molecule has 0 heterocycles. The number of hydrogen-bond acceptors (Lipinski definition) is 6. The van der Waals surface area contributed by atoms with Crippen LogP contribution in [-0.2, 0) is 25.0 Å². The van der Waals surface area contributed by atoms with Gasteiger partial charge in [-0.1, -0.05) is 95.8 Å². The van der Waals surface area contributed by atoms with Gasteiger partial charge in [0.05, 0.1) is 26.8 Å². The van der Waals surface area contributed by atoms with Gasteiger partial charge < -0.3 is 28.7 Å². The minimum Gasteiger partial charge on any atom is -0.493 e. The van der Waals surface area contributed by atoms with E-state index < -0.39 is 14.7 Å². The summed E-state index contributed by atoms with van der Waals surface area (Å²) < 4.78 is 21.8. The Morgan fingerprint density at radius 1 is 0.914 bits per heavy atom. The first-order valence-electron chi connectivity index (χ1n) is 13.5. The molecule has 0 saturated carbocycles. The van der Waals surface area contributed by atoms with E-state index in [1.807, 2.05) is 36.6 Å². The standard InChI is InChI=1S/C27H48NO6P/c1-3-4-5-6-7-8-9-10-11-12-13-16-20-31-27-18-15-14-17-25(27)22-26(32-24-29)23-34-35(30)33-21-19-28-2/h14-15,17-18,24,26,28,30H,3-13,16,19-23H2,1-2H3/p+1. The Balaban J connectivity index is 2.24. The molecule has 2 unspecified atom stereocenters. The fraction of sp³-hybridized carbons (Fsp3) is 0.741. The first-order valence-corrected chi connectivity index (χ1v) is 14.7. The molecule has 0 radical (unpaired) electrons. The van der Waals surface area contributed by atoms with Crippen molar-refractivity contribution in [2.45, 2.75) is 96.5 Å². The zero-order chi connectivity index (χ0) is 25.4. The van der Waals surface area contributed by atoms with Crippen LogP contribution in [0.15, 0.2) is 24.3 Å². The van der Waals surface area contributed by atoms with Crippen molar-refractivity contribution in [1.29, 1.82) is 0 Å². The van der Waals surface area contributed by atoms with E-state index in [0.29, 0.717) is 26.1 Å². The molecule has 202 valence electrons. The largest absolute Gasteiger partial charge is 0.493 e. The van der Waals surface area contributed by atoms with Crippen LogP contribution < -0.4 is 10.1 Å². The molecule has 1 aromatic rings. The highest BCUT2D eigenvalue weighted by Gasteiger charge is 2.17. The summed E-state index contributed by atoms with van der Waals surface area (Å²) in [4.78, 5) is 20.8. The highest BCUT2D eigenvalue weighted by molar-refractivity contribution is 7.40. The summed E-state index contributed by atoms with van der Waals surface area (Å²) in [7, 11) is -0.0633. The molecule has 7 nitrogen and oxygen atoms in total. The molecule has 1 rings (SSSR count). The van der Waals surface area contributed by atoms with Crippen molar-refractivity contribution in [3.8, 4) is 5.75 Å². The second kappa shape index (κ2) is 23.2. The van der Waals surface area contributed by atoms with Gasteiger partial charge >= 0.3 is 8.60 Å². The molecular formula is C27H49NO6P+. The Kier molecular flexibility index (Phi) is 21.1. The Labute approximate surface area is 214 Å². The molecule has 0 aliphatic carbocycles. The van der Waals surface area contributed by atoms with Gasteiger partial charge in [-0.2, -0.15) is 0 Å². The maximum atomic E-state index is 11.0. The number of rotatable bonds is 25. The maximum absolute atomic E-state index is 11.0. The van der Waals surface area contributed by atoms with Gasteiger partial charge in [-0.15, -0.1) is 0 Å². The average molecular weight is 515 g/mol. The lowest BCUT2D eigenvalue weighted by Crippen LogP contribution is -2.80. The molecule has 0 saturated heterocycles. The highest BCUT2D eigenvalue weighted by Crippen LogP contribution is 2.33. The van der Waals surface area contributed by atoms with E-state index in [4.69, 9.17) is 18.5 Å². The molecule has 0 fully saturated rings. The summed E-state index contributed by atoms with van der Waals surface area (Å²) in [5.41, 5.74) is 0.950. The number of carbonyl (C=O) groups is 1. The van der Waals surface area contributed by atoms with Crippen LogP contribution in [0.3, 0.4) is 0 Å². The Morgan fingerprint density at radius 2 is 1.54 bits per heavy atom. The van der Waals surface area contributed by atoms with E-state index in [0.717, 1.165) is 24.3 Å². The van der Waals surface area contributed by atoms with Gasteiger partial charge in [0, 0.05) is 6.42 Å². The Bertz CT molecular complexity index is 621. The van der Waals surface area contributed by atoms with Crippen LogP contribution in [0.25, 0.3) is 0 Å². The van der Waals surface area contributed by atoms with Crippen molar-refractivity contribution < 1.29 is 33.5 Å². The molecule has 0 aliphatic heterocycles. The summed E-state index contributed by atoms with van der Waals surface area (Å²) in [6.45, 7) is 4.55. The first-order chi connectivity index (χ1) is 17.2. The minimum atomic E-state index is -1.99. The van der Waals surface area contributed by atoms with Gasteiger partial charge in [0.15, 0.2) is 0 Å². The fourth-order valence-corrected chi connectivity index (χ4v) is 4.47. The minimum absolute atomic E-state index is 0.0594. The zero-order valence-corrected chi connectivity index (χ0v) is 22.9. The number of carbonyl (C=O) groups excluding carboxylic acids is 1. The predicted molar refractivity (Wildman–Crippen MR) is 141 cm³/mol. The van der Waals surface area contributed by atoms with Crippen LogP contribution in [0.4, 0.5) is 0 Å². The van der Waals surface area contributed by atoms with Crippen LogP contribution in [-0.4, -0.2) is 50.9 Å². The third-order valence-corrected chi connectivity index (χ3v) is 6.68. The van der Waals surface area contributed by atoms with E-state index in [9.17, 15) is 9.69 Å². The normalized spacial score (nSPS) is 12.9. The van der Waals surface area contributed by atoms with E-state index in [2.05, 4.69) is 6.92 Å². The second-order valence-corrected chi connectivity index (χ2v) is 9.96. The van der Waals surface area contributed by atoms with Crippen molar-refractivity contribution in [1.82, 2.24) is 0 Å². The first kappa shape index (κ1) is 31.8. The van der Waals surface area contributed by atoms with Crippen molar-refractivity contribution in [2.75, 3.05) is 33.4 Å². The molecule has 2 atom stereocenters. The van der Waals surface area contributed by atoms with Gasteiger partial charge in [0.25, 0.3) is 6.47 Å². The molecule has 0 aromatic heterocycles. The van der Waals surface area contributed by atoms with Gasteiger partial charge in [-0.3, -0.25) is 4.79 Å². The molecule has 0 aliphatic rings. The third kappa shape index (κ3) is 17.8. The van der Waals surface area contributed by atoms with Crippen LogP contribution in [0.1, 0.15) is 89.5 Å². The van der Waals surface area contributed by atoms with Crippen LogP contribution >= 0.6 is 8.60 Å². The number of quaternary nitrogens is 1. The molecule has 0 spiro atoms. The molecule has 8 heteroatoms. The van der Waals surface area contributed by atoms with Gasteiger partial charge in [-0.25, -0.2) is 0 Å². The number of para-hydroxylation sites is 1. The quantitative estimate of drug-likeness (QED) is 0.105. The third-order valence-electron chi connectivity index (χ3n) is 5.90. The SMILES string of the molecule is CCCCCCCCCCCCCCOc1ccccc1CC(COP(O)OCC[NH2+]C)OC=O. The number of likely N-dealkylation sites (N-methyl/N-ethyl adjacent to an activating group) is 1. The number of benzene rings is 1. The van der Waals surface area contributed by atoms with Crippen molar-refractivity contribution in [3.05, 3.63) is 29.8 Å². The maximum Gasteiger partial charge on any atom is 0.330 e. The highest BCUT2D eigenvalue weighted by atomic mass is 31.2. The molecule has 1 aromatic carbocycles. The number of nitrogens with two attached hydrogens (primary N) is 1. The number of unbranched alkanes of at least 4 members (excludes halogenated alkanes) is 11. The summed E-state index contributed by atoms with van der Waals surface area (Å²) in [5.74, 6) is 0.802. The van der Waals surface area contributed by atoms with Crippen LogP contribution in [0.5, 0.6) is 5.75 Å². The van der Waals surface area contributed by atoms with Crippen molar-refractivity contribution >= 4 is 15.1 Å². The summed E-state index contributed by atoms with van der Waals surface area (Å²) in [6.07, 6.45) is 15.7. The molecule has 3 N–H and O–H groups in total. The lowest BCUT2D eigenvalue weighted by Gasteiger charge is -2.19. The molecule has 0 bridgehead atoms. The van der Waals surface area contributed by atoms with E-state index >= 15 is 0 Å². The van der Waals surface area contributed by atoms with Gasteiger partial charge in [0.1, 0.15) is 18.5 Å². The number of hydrogen-bond donors (Lipinski definition) is 2. The Hall–Kier alpha value is -1.24. The van der Waals surface area contributed by atoms with E-state index in [1.165, 1.54) is 70.6 Å². The number of ether oxygens (including phenoxy) is 2. The molecule has 0 amide bonds. The lowest BCUT2D eigenvalue weighted by atomic mass is 10.1.